The van der Waals surface area contributed by atoms with Crippen LogP contribution in [0.2, 0.25) is 0 Å². The van der Waals surface area contributed by atoms with Crippen LogP contribution in [-0.4, -0.2) is 41.2 Å². The van der Waals surface area contributed by atoms with Crippen molar-refractivity contribution in [3.8, 4) is 11.1 Å². The van der Waals surface area contributed by atoms with Crippen molar-refractivity contribution in [1.29, 1.82) is 0 Å². The van der Waals surface area contributed by atoms with Crippen LogP contribution in [0.3, 0.4) is 0 Å². The van der Waals surface area contributed by atoms with Crippen LogP contribution in [0.25, 0.3) is 17.2 Å². The number of aliphatic hydroxyl groups excluding tert-OH is 1. The van der Waals surface area contributed by atoms with Gasteiger partial charge < -0.3 is 15.2 Å². The Morgan fingerprint density at radius 3 is 2.74 bits per heavy atom. The minimum atomic E-state index is -1.26. The molecule has 2 aliphatic rings. The number of carbonyl (C=O) groups excluding carboxylic acids is 2. The molecule has 34 heavy (non-hydrogen) atoms. The summed E-state index contributed by atoms with van der Waals surface area (Å²) in [7, 11) is 0. The average molecular weight is 467 g/mol. The van der Waals surface area contributed by atoms with Crippen LogP contribution in [0.15, 0.2) is 48.7 Å². The Hall–Kier alpha value is -3.06. The monoisotopic (exact) mass is 466 g/mol. The summed E-state index contributed by atoms with van der Waals surface area (Å²) in [6, 6.07) is 10.1. The maximum Gasteiger partial charge on any atom is 0.322 e. The van der Waals surface area contributed by atoms with Crippen molar-refractivity contribution in [2.24, 2.45) is 29.1 Å². The molecular formula is C27H31FN2O4. The standard InChI is InChI=1S/C27H31FN2O4/c1-16-14-27(25(32)29-11-12-31)24(18(3)34-26(27)33)23(17(16)2)10-9-22-8-7-20(15-30-22)19-5-4-6-21(28)13-19/h4-10,13,15-18,23-24,31H,11-12,14H2,1-3H3,(H,29,32)/t16-,17+,18+,23-,24-,27+/m0/s1. The molecule has 6 nitrogen and oxygen atoms in total. The van der Waals surface area contributed by atoms with Gasteiger partial charge in [0.25, 0.3) is 0 Å². The molecule has 1 aliphatic heterocycles. The van der Waals surface area contributed by atoms with Gasteiger partial charge in [0.2, 0.25) is 5.91 Å². The fourth-order valence-electron chi connectivity index (χ4n) is 5.66. The number of ether oxygens (including phenoxy) is 1. The summed E-state index contributed by atoms with van der Waals surface area (Å²) >= 11 is 0. The molecule has 4 rings (SSSR count). The minimum absolute atomic E-state index is 0.0743. The predicted octanol–water partition coefficient (Wildman–Crippen LogP) is 3.85. The van der Waals surface area contributed by atoms with Gasteiger partial charge in [-0.25, -0.2) is 4.39 Å². The number of hydrogen-bond donors (Lipinski definition) is 2. The molecule has 2 aromatic rings. The van der Waals surface area contributed by atoms with Crippen LogP contribution in [0, 0.1) is 34.9 Å². The SMILES string of the molecule is C[C@H]1[C@H](C=Cc2ccc(-c3cccc(F)c3)cn2)[C@@H]2[C@@H](C)OC(=O)[C@]2(C(=O)NCCO)C[C@@H]1C. The number of hydrogen-bond acceptors (Lipinski definition) is 5. The van der Waals surface area contributed by atoms with E-state index in [1.54, 1.807) is 12.3 Å². The largest absolute Gasteiger partial charge is 0.461 e. The number of nitrogens with one attached hydrogen (secondary N) is 1. The van der Waals surface area contributed by atoms with Crippen LogP contribution in [0.1, 0.15) is 32.9 Å². The number of rotatable bonds is 6. The maximum atomic E-state index is 13.5. The quantitative estimate of drug-likeness (QED) is 0.499. The smallest absolute Gasteiger partial charge is 0.322 e. The van der Waals surface area contributed by atoms with Crippen LogP contribution >= 0.6 is 0 Å². The molecule has 1 saturated heterocycles. The zero-order valence-corrected chi connectivity index (χ0v) is 19.7. The second kappa shape index (κ2) is 9.66. The lowest BCUT2D eigenvalue weighted by molar-refractivity contribution is -0.157. The van der Waals surface area contributed by atoms with E-state index in [2.05, 4.69) is 24.1 Å². The Labute approximate surface area is 199 Å². The minimum Gasteiger partial charge on any atom is -0.461 e. The number of aromatic nitrogens is 1. The topological polar surface area (TPSA) is 88.5 Å². The van der Waals surface area contributed by atoms with E-state index in [1.165, 1.54) is 12.1 Å². The second-order valence-electron chi connectivity index (χ2n) is 9.55. The third kappa shape index (κ3) is 4.25. The Balaban J connectivity index is 1.62. The van der Waals surface area contributed by atoms with Crippen molar-refractivity contribution in [1.82, 2.24) is 10.3 Å². The molecule has 1 amide bonds. The lowest BCUT2D eigenvalue weighted by atomic mass is 9.54. The number of amides is 1. The molecule has 7 heteroatoms. The predicted molar refractivity (Wildman–Crippen MR) is 127 cm³/mol. The number of allylic oxidation sites excluding steroid dienone is 1. The molecule has 2 heterocycles. The first-order valence-electron chi connectivity index (χ1n) is 11.8. The highest BCUT2D eigenvalue weighted by molar-refractivity contribution is 6.04. The zero-order valence-electron chi connectivity index (χ0n) is 19.7. The Morgan fingerprint density at radius 1 is 1.26 bits per heavy atom. The molecule has 1 saturated carbocycles. The van der Waals surface area contributed by atoms with Crippen LogP contribution < -0.4 is 5.32 Å². The lowest BCUT2D eigenvalue weighted by Gasteiger charge is -2.46. The van der Waals surface area contributed by atoms with E-state index in [1.807, 2.05) is 37.3 Å². The number of carbonyl (C=O) groups is 2. The highest BCUT2D eigenvalue weighted by Crippen LogP contribution is 2.56. The average Bonchev–Trinajstić information content (AvgIpc) is 3.08. The molecule has 0 spiro atoms. The van der Waals surface area contributed by atoms with Gasteiger partial charge in [0.1, 0.15) is 11.9 Å². The Kier molecular flexibility index (Phi) is 6.84. The number of fused-ring (bicyclic) bond motifs is 1. The first-order valence-corrected chi connectivity index (χ1v) is 11.8. The number of halogens is 1. The third-order valence-corrected chi connectivity index (χ3v) is 7.53. The summed E-state index contributed by atoms with van der Waals surface area (Å²) in [6.07, 6.45) is 5.69. The summed E-state index contributed by atoms with van der Waals surface area (Å²) < 4.78 is 19.2. The van der Waals surface area contributed by atoms with Gasteiger partial charge in [-0.1, -0.05) is 38.1 Å². The lowest BCUT2D eigenvalue weighted by Crippen LogP contribution is -2.56. The van der Waals surface area contributed by atoms with Gasteiger partial charge in [-0.05, 0) is 60.9 Å². The number of nitrogens with zero attached hydrogens (tertiary/aromatic N) is 1. The van der Waals surface area contributed by atoms with Crippen LogP contribution in [0.4, 0.5) is 4.39 Å². The van der Waals surface area contributed by atoms with E-state index in [9.17, 15) is 14.0 Å². The first-order chi connectivity index (χ1) is 16.3. The number of benzene rings is 1. The Morgan fingerprint density at radius 2 is 2.06 bits per heavy atom. The number of aliphatic hydroxyl groups is 1. The van der Waals surface area contributed by atoms with Gasteiger partial charge in [0, 0.05) is 24.2 Å². The molecule has 180 valence electrons. The number of pyridine rings is 1. The van der Waals surface area contributed by atoms with Crippen LogP contribution in [0.5, 0.6) is 0 Å². The van der Waals surface area contributed by atoms with Gasteiger partial charge in [0.05, 0.1) is 12.3 Å². The van der Waals surface area contributed by atoms with Crippen molar-refractivity contribution in [2.75, 3.05) is 13.2 Å². The van der Waals surface area contributed by atoms with Gasteiger partial charge in [-0.3, -0.25) is 14.6 Å². The van der Waals surface area contributed by atoms with Crippen molar-refractivity contribution in [3.05, 3.63) is 60.2 Å². The van der Waals surface area contributed by atoms with Gasteiger partial charge in [-0.15, -0.1) is 0 Å². The normalized spacial score (nSPS) is 30.7. The summed E-state index contributed by atoms with van der Waals surface area (Å²) in [5, 5.41) is 11.9. The number of cyclic esters (lactones) is 1. The zero-order chi connectivity index (χ0) is 24.5. The van der Waals surface area contributed by atoms with Crippen LogP contribution in [-0.2, 0) is 14.3 Å². The summed E-state index contributed by atoms with van der Waals surface area (Å²) in [5.41, 5.74) is 1.05. The molecule has 0 unspecified atom stereocenters. The summed E-state index contributed by atoms with van der Waals surface area (Å²) in [5.74, 6) is -1.18. The van der Waals surface area contributed by atoms with E-state index in [4.69, 9.17) is 9.84 Å². The second-order valence-corrected chi connectivity index (χ2v) is 9.55. The molecule has 0 radical (unpaired) electrons. The van der Waals surface area contributed by atoms with Crippen molar-refractivity contribution < 1.29 is 23.8 Å². The van der Waals surface area contributed by atoms with Gasteiger partial charge in [0.15, 0.2) is 5.41 Å². The van der Waals surface area contributed by atoms with E-state index in [-0.39, 0.29) is 48.5 Å². The molecule has 2 N–H and O–H groups in total. The van der Waals surface area contributed by atoms with Gasteiger partial charge in [-0.2, -0.15) is 0 Å². The summed E-state index contributed by atoms with van der Waals surface area (Å²) in [6.45, 7) is 5.96. The van der Waals surface area contributed by atoms with E-state index >= 15 is 0 Å². The van der Waals surface area contributed by atoms with Crippen molar-refractivity contribution in [3.63, 3.8) is 0 Å². The fraction of sp³-hybridized carbons (Fsp3) is 0.444. The summed E-state index contributed by atoms with van der Waals surface area (Å²) in [4.78, 5) is 30.7. The highest BCUT2D eigenvalue weighted by Gasteiger charge is 2.66. The molecule has 1 aromatic heterocycles. The van der Waals surface area contributed by atoms with Crippen molar-refractivity contribution >= 4 is 18.0 Å². The third-order valence-electron chi connectivity index (χ3n) is 7.53. The fourth-order valence-corrected chi connectivity index (χ4v) is 5.66. The van der Waals surface area contributed by atoms with E-state index < -0.39 is 17.5 Å². The molecular weight excluding hydrogens is 435 g/mol. The molecule has 0 bridgehead atoms. The van der Waals surface area contributed by atoms with Crippen molar-refractivity contribution in [2.45, 2.75) is 33.3 Å². The first kappa shape index (κ1) is 24.1. The molecule has 1 aliphatic carbocycles. The highest BCUT2D eigenvalue weighted by atomic mass is 19.1. The molecule has 1 aromatic carbocycles. The molecule has 2 fully saturated rings. The van der Waals surface area contributed by atoms with E-state index in [0.29, 0.717) is 6.42 Å². The van der Waals surface area contributed by atoms with E-state index in [0.717, 1.165) is 16.8 Å². The maximum absolute atomic E-state index is 13.5. The molecule has 6 atom stereocenters. The van der Waals surface area contributed by atoms with Gasteiger partial charge >= 0.3 is 5.97 Å². The Bertz CT molecular complexity index is 1090. The number of esters is 1.